The first-order valence-corrected chi connectivity index (χ1v) is 9.46. The molecule has 6 nitrogen and oxygen atoms in total. The number of carboxylic acid groups (broad SMARTS) is 1. The van der Waals surface area contributed by atoms with Gasteiger partial charge in [0.05, 0.1) is 5.92 Å². The Labute approximate surface area is 168 Å². The molecule has 0 saturated carbocycles. The maximum Gasteiger partial charge on any atom is 0.306 e. The Bertz CT molecular complexity index is 925. The van der Waals surface area contributed by atoms with Crippen molar-refractivity contribution in [3.8, 4) is 0 Å². The Morgan fingerprint density at radius 1 is 1.00 bits per heavy atom. The quantitative estimate of drug-likeness (QED) is 0.823. The summed E-state index contributed by atoms with van der Waals surface area (Å²) >= 11 is 0. The van der Waals surface area contributed by atoms with Crippen LogP contribution in [-0.4, -0.2) is 40.9 Å². The van der Waals surface area contributed by atoms with Gasteiger partial charge in [0.2, 0.25) is 0 Å². The summed E-state index contributed by atoms with van der Waals surface area (Å²) in [7, 11) is 0. The van der Waals surface area contributed by atoms with Crippen LogP contribution in [0.1, 0.15) is 44.7 Å². The number of amides is 2. The van der Waals surface area contributed by atoms with Crippen molar-refractivity contribution in [2.24, 2.45) is 5.92 Å². The summed E-state index contributed by atoms with van der Waals surface area (Å²) < 4.78 is 13.7. The van der Waals surface area contributed by atoms with E-state index in [1.165, 1.54) is 12.1 Å². The van der Waals surface area contributed by atoms with Crippen LogP contribution in [0, 0.1) is 25.6 Å². The number of nitrogens with one attached hydrogen (secondary N) is 1. The number of piperidine rings is 1. The molecule has 29 heavy (non-hydrogen) atoms. The van der Waals surface area contributed by atoms with E-state index in [-0.39, 0.29) is 17.6 Å². The monoisotopic (exact) mass is 398 g/mol. The van der Waals surface area contributed by atoms with Crippen LogP contribution >= 0.6 is 0 Å². The van der Waals surface area contributed by atoms with Gasteiger partial charge in [-0.2, -0.15) is 0 Å². The van der Waals surface area contributed by atoms with Gasteiger partial charge in [-0.1, -0.05) is 0 Å². The van der Waals surface area contributed by atoms with Crippen molar-refractivity contribution >= 4 is 23.5 Å². The van der Waals surface area contributed by atoms with E-state index in [1.54, 1.807) is 43.0 Å². The van der Waals surface area contributed by atoms with Crippen LogP contribution in [0.25, 0.3) is 0 Å². The van der Waals surface area contributed by atoms with Crippen molar-refractivity contribution in [3.63, 3.8) is 0 Å². The maximum atomic E-state index is 13.7. The van der Waals surface area contributed by atoms with Crippen LogP contribution in [-0.2, 0) is 4.79 Å². The predicted molar refractivity (Wildman–Crippen MR) is 107 cm³/mol. The molecule has 152 valence electrons. The second kappa shape index (κ2) is 8.43. The average molecular weight is 398 g/mol. The van der Waals surface area contributed by atoms with E-state index < -0.39 is 11.9 Å². The second-order valence-corrected chi connectivity index (χ2v) is 7.36. The molecule has 0 unspecified atom stereocenters. The van der Waals surface area contributed by atoms with E-state index in [1.807, 2.05) is 0 Å². The van der Waals surface area contributed by atoms with Crippen molar-refractivity contribution in [1.29, 1.82) is 0 Å². The van der Waals surface area contributed by atoms with E-state index in [4.69, 9.17) is 5.11 Å². The number of aryl methyl sites for hydroxylation is 2. The molecule has 1 fully saturated rings. The molecule has 0 aromatic heterocycles. The highest BCUT2D eigenvalue weighted by atomic mass is 19.1. The molecular weight excluding hydrogens is 375 g/mol. The summed E-state index contributed by atoms with van der Waals surface area (Å²) in [5.41, 5.74) is 2.18. The minimum absolute atomic E-state index is 0.156. The lowest BCUT2D eigenvalue weighted by molar-refractivity contribution is -0.143. The first-order chi connectivity index (χ1) is 13.8. The third kappa shape index (κ3) is 4.62. The number of carbonyl (C=O) groups is 3. The summed E-state index contributed by atoms with van der Waals surface area (Å²) in [5, 5.41) is 11.8. The van der Waals surface area contributed by atoms with Gasteiger partial charge in [0.1, 0.15) is 5.82 Å². The summed E-state index contributed by atoms with van der Waals surface area (Å²) in [5.74, 6) is -2.04. The molecule has 3 rings (SSSR count). The number of hydrogen-bond donors (Lipinski definition) is 2. The van der Waals surface area contributed by atoms with Crippen molar-refractivity contribution in [3.05, 3.63) is 64.5 Å². The van der Waals surface area contributed by atoms with Gasteiger partial charge in [0.25, 0.3) is 11.8 Å². The van der Waals surface area contributed by atoms with E-state index in [2.05, 4.69) is 5.32 Å². The van der Waals surface area contributed by atoms with Gasteiger partial charge in [-0.25, -0.2) is 4.39 Å². The summed E-state index contributed by atoms with van der Waals surface area (Å²) in [6, 6.07) is 9.52. The van der Waals surface area contributed by atoms with Gasteiger partial charge in [-0.15, -0.1) is 0 Å². The summed E-state index contributed by atoms with van der Waals surface area (Å²) in [6.07, 6.45) is 0.900. The van der Waals surface area contributed by atoms with Crippen LogP contribution in [0.15, 0.2) is 36.4 Å². The molecule has 2 N–H and O–H groups in total. The minimum atomic E-state index is -0.816. The molecule has 1 aliphatic heterocycles. The zero-order chi connectivity index (χ0) is 21.1. The van der Waals surface area contributed by atoms with E-state index in [9.17, 15) is 18.8 Å². The SMILES string of the molecule is Cc1cc(C(=O)Nc2ccc(C(=O)N3CCC(C(=O)O)CC3)cc2)cc(C)c1F. The number of anilines is 1. The predicted octanol–water partition coefficient (Wildman–Crippen LogP) is 3.63. The lowest BCUT2D eigenvalue weighted by Gasteiger charge is -2.30. The van der Waals surface area contributed by atoms with E-state index >= 15 is 0 Å². The highest BCUT2D eigenvalue weighted by molar-refractivity contribution is 6.04. The Kier molecular flexibility index (Phi) is 5.96. The minimum Gasteiger partial charge on any atom is -0.481 e. The fourth-order valence-electron chi connectivity index (χ4n) is 3.49. The summed E-state index contributed by atoms with van der Waals surface area (Å²) in [6.45, 7) is 4.05. The number of rotatable bonds is 4. The number of hydrogen-bond acceptors (Lipinski definition) is 3. The third-order valence-electron chi connectivity index (χ3n) is 5.22. The van der Waals surface area contributed by atoms with E-state index in [0.29, 0.717) is 53.9 Å². The highest BCUT2D eigenvalue weighted by Gasteiger charge is 2.27. The van der Waals surface area contributed by atoms with Crippen LogP contribution in [0.5, 0.6) is 0 Å². The average Bonchev–Trinajstić information content (AvgIpc) is 2.71. The number of aliphatic carboxylic acids is 1. The first-order valence-electron chi connectivity index (χ1n) is 9.46. The summed E-state index contributed by atoms with van der Waals surface area (Å²) in [4.78, 5) is 37.7. The maximum absolute atomic E-state index is 13.7. The number of carbonyl (C=O) groups excluding carboxylic acids is 2. The van der Waals surface area contributed by atoms with Gasteiger partial charge in [0, 0.05) is 29.9 Å². The zero-order valence-electron chi connectivity index (χ0n) is 16.4. The van der Waals surface area contributed by atoms with Crippen molar-refractivity contribution < 1.29 is 23.9 Å². The molecule has 2 amide bonds. The zero-order valence-corrected chi connectivity index (χ0v) is 16.4. The Morgan fingerprint density at radius 3 is 2.07 bits per heavy atom. The lowest BCUT2D eigenvalue weighted by atomic mass is 9.96. The normalized spacial score (nSPS) is 14.5. The fraction of sp³-hybridized carbons (Fsp3) is 0.318. The number of likely N-dealkylation sites (tertiary alicyclic amines) is 1. The molecule has 2 aromatic rings. The van der Waals surface area contributed by atoms with Crippen LogP contribution < -0.4 is 5.32 Å². The molecule has 0 radical (unpaired) electrons. The smallest absolute Gasteiger partial charge is 0.306 e. The van der Waals surface area contributed by atoms with Crippen LogP contribution in [0.2, 0.25) is 0 Å². The van der Waals surface area contributed by atoms with Crippen LogP contribution in [0.4, 0.5) is 10.1 Å². The second-order valence-electron chi connectivity index (χ2n) is 7.36. The lowest BCUT2D eigenvalue weighted by Crippen LogP contribution is -2.40. The van der Waals surface area contributed by atoms with Gasteiger partial charge < -0.3 is 15.3 Å². The molecule has 0 spiro atoms. The molecule has 1 heterocycles. The van der Waals surface area contributed by atoms with E-state index in [0.717, 1.165) is 0 Å². The topological polar surface area (TPSA) is 86.7 Å². The van der Waals surface area contributed by atoms with Gasteiger partial charge in [-0.3, -0.25) is 14.4 Å². The Morgan fingerprint density at radius 2 is 1.55 bits per heavy atom. The molecular formula is C22H23FN2O4. The third-order valence-corrected chi connectivity index (χ3v) is 5.22. The Balaban J connectivity index is 1.64. The number of nitrogens with zero attached hydrogens (tertiary/aromatic N) is 1. The molecule has 7 heteroatoms. The molecule has 1 aliphatic rings. The molecule has 1 saturated heterocycles. The molecule has 0 aliphatic carbocycles. The number of halogens is 1. The largest absolute Gasteiger partial charge is 0.481 e. The van der Waals surface area contributed by atoms with Gasteiger partial charge >= 0.3 is 5.97 Å². The van der Waals surface area contributed by atoms with Crippen LogP contribution in [0.3, 0.4) is 0 Å². The number of benzene rings is 2. The van der Waals surface area contributed by atoms with Crippen molar-refractivity contribution in [2.75, 3.05) is 18.4 Å². The van der Waals surface area contributed by atoms with Crippen molar-refractivity contribution in [1.82, 2.24) is 4.90 Å². The van der Waals surface area contributed by atoms with Gasteiger partial charge in [-0.05, 0) is 74.2 Å². The highest BCUT2D eigenvalue weighted by Crippen LogP contribution is 2.21. The molecule has 0 atom stereocenters. The standard InChI is InChI=1S/C22H23FN2O4/c1-13-11-17(12-14(2)19(13)23)20(26)24-18-5-3-15(4-6-18)21(27)25-9-7-16(8-10-25)22(28)29/h3-6,11-12,16H,7-10H2,1-2H3,(H,24,26)(H,28,29). The number of carboxylic acids is 1. The molecule has 2 aromatic carbocycles. The Hall–Kier alpha value is -3.22. The van der Waals surface area contributed by atoms with Gasteiger partial charge in [0.15, 0.2) is 0 Å². The van der Waals surface area contributed by atoms with Crippen molar-refractivity contribution in [2.45, 2.75) is 26.7 Å². The first kappa shape index (κ1) is 20.5. The fourth-order valence-corrected chi connectivity index (χ4v) is 3.49. The molecule has 0 bridgehead atoms.